The van der Waals surface area contributed by atoms with Gasteiger partial charge in [0.25, 0.3) is 0 Å². The molecule has 0 aromatic heterocycles. The SMILES string of the molecule is CCC(Cl)C(=O)N1CCN(CC(C)C)CC1. The predicted molar refractivity (Wildman–Crippen MR) is 67.8 cm³/mol. The minimum Gasteiger partial charge on any atom is -0.339 e. The van der Waals surface area contributed by atoms with E-state index in [0.717, 1.165) is 32.7 Å². The minimum absolute atomic E-state index is 0.105. The van der Waals surface area contributed by atoms with Crippen LogP contribution in [0.4, 0.5) is 0 Å². The molecule has 1 amide bonds. The predicted octanol–water partition coefficient (Wildman–Crippen LogP) is 1.80. The van der Waals surface area contributed by atoms with E-state index in [1.807, 2.05) is 11.8 Å². The van der Waals surface area contributed by atoms with Crippen LogP contribution in [0.2, 0.25) is 0 Å². The number of rotatable bonds is 4. The van der Waals surface area contributed by atoms with E-state index in [1.54, 1.807) is 0 Å². The van der Waals surface area contributed by atoms with E-state index in [0.29, 0.717) is 12.3 Å². The summed E-state index contributed by atoms with van der Waals surface area (Å²) in [6.07, 6.45) is 0.715. The van der Waals surface area contributed by atoms with Crippen LogP contribution in [0.3, 0.4) is 0 Å². The van der Waals surface area contributed by atoms with Gasteiger partial charge in [-0.05, 0) is 12.3 Å². The van der Waals surface area contributed by atoms with Crippen LogP contribution in [0.5, 0.6) is 0 Å². The molecule has 1 aliphatic rings. The summed E-state index contributed by atoms with van der Waals surface area (Å²) in [5.41, 5.74) is 0. The van der Waals surface area contributed by atoms with E-state index in [4.69, 9.17) is 11.6 Å². The van der Waals surface area contributed by atoms with Crippen molar-refractivity contribution in [3.8, 4) is 0 Å². The molecule has 1 saturated heterocycles. The van der Waals surface area contributed by atoms with E-state index >= 15 is 0 Å². The molecule has 0 bridgehead atoms. The molecule has 1 aliphatic heterocycles. The van der Waals surface area contributed by atoms with Gasteiger partial charge in [0.05, 0.1) is 0 Å². The van der Waals surface area contributed by atoms with Gasteiger partial charge >= 0.3 is 0 Å². The summed E-state index contributed by atoms with van der Waals surface area (Å²) < 4.78 is 0. The zero-order valence-corrected chi connectivity index (χ0v) is 11.3. The van der Waals surface area contributed by atoms with Gasteiger partial charge in [0.15, 0.2) is 0 Å². The highest BCUT2D eigenvalue weighted by atomic mass is 35.5. The molecule has 4 heteroatoms. The summed E-state index contributed by atoms with van der Waals surface area (Å²) >= 11 is 5.96. The van der Waals surface area contributed by atoms with Crippen LogP contribution in [-0.2, 0) is 4.79 Å². The van der Waals surface area contributed by atoms with E-state index in [1.165, 1.54) is 0 Å². The lowest BCUT2D eigenvalue weighted by Gasteiger charge is -2.36. The van der Waals surface area contributed by atoms with Gasteiger partial charge in [-0.25, -0.2) is 0 Å². The Balaban J connectivity index is 2.34. The maximum atomic E-state index is 11.8. The van der Waals surface area contributed by atoms with Crippen molar-refractivity contribution in [3.63, 3.8) is 0 Å². The topological polar surface area (TPSA) is 23.6 Å². The molecule has 0 spiro atoms. The van der Waals surface area contributed by atoms with Crippen LogP contribution < -0.4 is 0 Å². The normalized spacial score (nSPS) is 20.2. The quantitative estimate of drug-likeness (QED) is 0.707. The number of amides is 1. The maximum Gasteiger partial charge on any atom is 0.240 e. The highest BCUT2D eigenvalue weighted by Gasteiger charge is 2.25. The van der Waals surface area contributed by atoms with E-state index < -0.39 is 0 Å². The molecular weight excluding hydrogens is 224 g/mol. The number of halogens is 1. The van der Waals surface area contributed by atoms with Crippen molar-refractivity contribution >= 4 is 17.5 Å². The van der Waals surface area contributed by atoms with Crippen molar-refractivity contribution in [2.24, 2.45) is 5.92 Å². The number of alkyl halides is 1. The molecule has 0 aromatic rings. The zero-order valence-electron chi connectivity index (χ0n) is 10.6. The summed E-state index contributed by atoms with van der Waals surface area (Å²) in [7, 11) is 0. The average molecular weight is 247 g/mol. The second kappa shape index (κ2) is 6.45. The summed E-state index contributed by atoms with van der Waals surface area (Å²) in [6.45, 7) is 11.1. The molecule has 1 atom stereocenters. The average Bonchev–Trinajstić information content (AvgIpc) is 2.27. The number of carbonyl (C=O) groups is 1. The van der Waals surface area contributed by atoms with Gasteiger partial charge in [0.2, 0.25) is 5.91 Å². The fourth-order valence-electron chi connectivity index (χ4n) is 2.04. The Kier molecular flexibility index (Phi) is 5.56. The van der Waals surface area contributed by atoms with Gasteiger partial charge in [-0.2, -0.15) is 0 Å². The first kappa shape index (κ1) is 13.8. The van der Waals surface area contributed by atoms with Gasteiger partial charge in [-0.3, -0.25) is 9.69 Å². The standard InChI is InChI=1S/C12H23ClN2O/c1-4-11(13)12(16)15-7-5-14(6-8-15)9-10(2)3/h10-11H,4-9H2,1-3H3. The lowest BCUT2D eigenvalue weighted by molar-refractivity contribution is -0.132. The highest BCUT2D eigenvalue weighted by Crippen LogP contribution is 2.10. The van der Waals surface area contributed by atoms with Crippen LogP contribution in [0.25, 0.3) is 0 Å². The summed E-state index contributed by atoms with van der Waals surface area (Å²) in [4.78, 5) is 16.2. The minimum atomic E-state index is -0.336. The van der Waals surface area contributed by atoms with Gasteiger partial charge < -0.3 is 4.90 Å². The third-order valence-electron chi connectivity index (χ3n) is 2.93. The van der Waals surface area contributed by atoms with Crippen molar-refractivity contribution in [1.29, 1.82) is 0 Å². The first-order chi connectivity index (χ1) is 7.54. The number of nitrogens with zero attached hydrogens (tertiary/aromatic N) is 2. The first-order valence-corrected chi connectivity index (χ1v) is 6.63. The van der Waals surface area contributed by atoms with Crippen LogP contribution in [0.1, 0.15) is 27.2 Å². The van der Waals surface area contributed by atoms with E-state index in [2.05, 4.69) is 18.7 Å². The molecule has 16 heavy (non-hydrogen) atoms. The number of piperazine rings is 1. The van der Waals surface area contributed by atoms with Crippen molar-refractivity contribution in [2.45, 2.75) is 32.6 Å². The second-order valence-electron chi connectivity index (χ2n) is 4.90. The zero-order chi connectivity index (χ0) is 12.1. The monoisotopic (exact) mass is 246 g/mol. The van der Waals surface area contributed by atoms with Gasteiger partial charge in [-0.15, -0.1) is 11.6 Å². The summed E-state index contributed by atoms with van der Waals surface area (Å²) in [5, 5.41) is -0.336. The van der Waals surface area contributed by atoms with Crippen LogP contribution in [0.15, 0.2) is 0 Å². The second-order valence-corrected chi connectivity index (χ2v) is 5.42. The lowest BCUT2D eigenvalue weighted by Crippen LogP contribution is -2.51. The number of hydrogen-bond acceptors (Lipinski definition) is 2. The molecule has 0 aliphatic carbocycles. The summed E-state index contributed by atoms with van der Waals surface area (Å²) in [6, 6.07) is 0. The van der Waals surface area contributed by atoms with E-state index in [9.17, 15) is 4.79 Å². The van der Waals surface area contributed by atoms with Gasteiger partial charge in [-0.1, -0.05) is 20.8 Å². The van der Waals surface area contributed by atoms with Crippen molar-refractivity contribution in [2.75, 3.05) is 32.7 Å². The Morgan fingerprint density at radius 2 is 1.81 bits per heavy atom. The Morgan fingerprint density at radius 1 is 1.25 bits per heavy atom. The largest absolute Gasteiger partial charge is 0.339 e. The molecular formula is C12H23ClN2O. The van der Waals surface area contributed by atoms with Crippen molar-refractivity contribution in [1.82, 2.24) is 9.80 Å². The molecule has 94 valence electrons. The van der Waals surface area contributed by atoms with Crippen molar-refractivity contribution in [3.05, 3.63) is 0 Å². The maximum absolute atomic E-state index is 11.8. The van der Waals surface area contributed by atoms with Crippen LogP contribution in [0, 0.1) is 5.92 Å². The van der Waals surface area contributed by atoms with Gasteiger partial charge in [0.1, 0.15) is 5.38 Å². The number of hydrogen-bond donors (Lipinski definition) is 0. The Morgan fingerprint density at radius 3 is 2.25 bits per heavy atom. The molecule has 1 rings (SSSR count). The van der Waals surface area contributed by atoms with Gasteiger partial charge in [0, 0.05) is 32.7 Å². The first-order valence-electron chi connectivity index (χ1n) is 6.19. The van der Waals surface area contributed by atoms with Crippen molar-refractivity contribution < 1.29 is 4.79 Å². The molecule has 1 fully saturated rings. The molecule has 0 saturated carbocycles. The van der Waals surface area contributed by atoms with E-state index in [-0.39, 0.29) is 11.3 Å². The smallest absolute Gasteiger partial charge is 0.240 e. The fraction of sp³-hybridized carbons (Fsp3) is 0.917. The summed E-state index contributed by atoms with van der Waals surface area (Å²) in [5.74, 6) is 0.798. The number of carbonyl (C=O) groups excluding carboxylic acids is 1. The molecule has 0 N–H and O–H groups in total. The molecule has 0 radical (unpaired) electrons. The lowest BCUT2D eigenvalue weighted by atomic mass is 10.2. The highest BCUT2D eigenvalue weighted by molar-refractivity contribution is 6.30. The Hall–Kier alpha value is -0.280. The molecule has 0 aromatic carbocycles. The molecule has 1 unspecified atom stereocenters. The Labute approximate surface area is 104 Å². The molecule has 3 nitrogen and oxygen atoms in total. The third-order valence-corrected chi connectivity index (χ3v) is 3.43. The fourth-order valence-corrected chi connectivity index (χ4v) is 2.18. The Bertz CT molecular complexity index is 225. The van der Waals surface area contributed by atoms with Crippen LogP contribution >= 0.6 is 11.6 Å². The third kappa shape index (κ3) is 3.95. The molecule has 1 heterocycles. The van der Waals surface area contributed by atoms with Crippen LogP contribution in [-0.4, -0.2) is 53.8 Å².